The van der Waals surface area contributed by atoms with Crippen molar-refractivity contribution in [1.82, 2.24) is 4.90 Å². The van der Waals surface area contributed by atoms with Gasteiger partial charge in [-0.1, -0.05) is 11.6 Å². The maximum atomic E-state index is 14.4. The summed E-state index contributed by atoms with van der Waals surface area (Å²) in [7, 11) is 7.99. The van der Waals surface area contributed by atoms with Gasteiger partial charge in [-0.3, -0.25) is 29.0 Å². The van der Waals surface area contributed by atoms with Crippen molar-refractivity contribution >= 4 is 69.6 Å². The summed E-state index contributed by atoms with van der Waals surface area (Å²) in [6.45, 7) is 0. The third kappa shape index (κ3) is 5.02. The van der Waals surface area contributed by atoms with Crippen molar-refractivity contribution in [3.05, 3.63) is 77.9 Å². The van der Waals surface area contributed by atoms with E-state index in [2.05, 4.69) is 10.2 Å². The molecule has 4 aliphatic rings. The maximum Gasteiger partial charge on any atom is 0.253 e. The number of phenols is 1. The van der Waals surface area contributed by atoms with Crippen LogP contribution >= 0.6 is 23.2 Å². The fourth-order valence-corrected chi connectivity index (χ4v) is 9.13. The topological polar surface area (TPSA) is 141 Å². The van der Waals surface area contributed by atoms with Crippen LogP contribution in [0.25, 0.3) is 0 Å². The van der Waals surface area contributed by atoms with Gasteiger partial charge in [-0.2, -0.15) is 10.2 Å². The summed E-state index contributed by atoms with van der Waals surface area (Å²) in [6.07, 6.45) is 1.83. The Kier molecular flexibility index (Phi) is 8.38. The van der Waals surface area contributed by atoms with E-state index in [1.165, 1.54) is 38.3 Å². The van der Waals surface area contributed by atoms with Crippen LogP contribution in [0.5, 0.6) is 17.2 Å². The number of halogens is 2. The van der Waals surface area contributed by atoms with Crippen molar-refractivity contribution in [3.8, 4) is 17.2 Å². The zero-order valence-corrected chi connectivity index (χ0v) is 30.0. The molecule has 264 valence electrons. The van der Waals surface area contributed by atoms with Gasteiger partial charge in [0.25, 0.3) is 11.8 Å². The third-order valence-electron chi connectivity index (χ3n) is 10.6. The molecule has 3 fully saturated rings. The molecule has 6 unspecified atom stereocenters. The zero-order chi connectivity index (χ0) is 36.6. The van der Waals surface area contributed by atoms with E-state index in [1.807, 2.05) is 49.3 Å². The lowest BCUT2D eigenvalue weighted by Crippen LogP contribution is -2.60. The number of likely N-dealkylation sites (tertiary alicyclic amines) is 1. The number of nitrogens with zero attached hydrogens (tertiary/aromatic N) is 5. The van der Waals surface area contributed by atoms with Gasteiger partial charge in [0.1, 0.15) is 17.2 Å². The molecule has 1 saturated carbocycles. The molecule has 0 spiro atoms. The number of carbonyl (C=O) groups excluding carboxylic acids is 4. The lowest BCUT2D eigenvalue weighted by atomic mass is 9.56. The zero-order valence-electron chi connectivity index (χ0n) is 28.5. The number of rotatable bonds is 7. The largest absolute Gasteiger partial charge is 0.508 e. The van der Waals surface area contributed by atoms with Gasteiger partial charge in [0, 0.05) is 50.4 Å². The smallest absolute Gasteiger partial charge is 0.253 e. The SMILES string of the molecule is COc1cc(O)cc(OC)c1C1C2=CCC3C(=O)N(c4ccc(N=Nc5ccc(N(C)C)cc5)cc4)C(=O)C3C2CC2(Cl)C(=O)N(C)C(=O)C12Cl. The van der Waals surface area contributed by atoms with Crippen molar-refractivity contribution in [1.29, 1.82) is 0 Å². The standard InChI is InChI=1S/C37H35Cl2N5O7/c1-42(2)21-10-6-19(7-11-21)40-41-20-8-12-22(13-9-20)44-32(46)25-15-14-24-26(29(25)33(44)47)18-36(38)34(48)43(3)35(49)37(36,39)31(24)30-27(50-4)16-23(45)17-28(30)51-5/h6-14,16-17,25-26,29,31,45H,15,18H2,1-5H3. The van der Waals surface area contributed by atoms with Crippen LogP contribution in [-0.2, 0) is 19.2 Å². The van der Waals surface area contributed by atoms with Gasteiger partial charge in [-0.15, -0.1) is 23.2 Å². The first-order valence-corrected chi connectivity index (χ1v) is 17.0. The molecule has 7 rings (SSSR count). The highest BCUT2D eigenvalue weighted by Crippen LogP contribution is 2.67. The second-order valence-corrected chi connectivity index (χ2v) is 14.6. The van der Waals surface area contributed by atoms with Gasteiger partial charge in [-0.05, 0) is 67.3 Å². The Morgan fingerprint density at radius 1 is 0.843 bits per heavy atom. The molecule has 3 aromatic carbocycles. The van der Waals surface area contributed by atoms with Crippen LogP contribution in [0.1, 0.15) is 24.3 Å². The van der Waals surface area contributed by atoms with E-state index >= 15 is 0 Å². The number of phenolic OH excluding ortho intramolecular Hbond substituents is 1. The van der Waals surface area contributed by atoms with Crippen molar-refractivity contribution < 1.29 is 33.8 Å². The highest BCUT2D eigenvalue weighted by molar-refractivity contribution is 6.53. The Balaban J connectivity index is 1.25. The molecule has 6 atom stereocenters. The van der Waals surface area contributed by atoms with Crippen LogP contribution in [0.4, 0.5) is 22.7 Å². The van der Waals surface area contributed by atoms with Gasteiger partial charge in [0.05, 0.1) is 43.1 Å². The van der Waals surface area contributed by atoms with Crippen LogP contribution in [0, 0.1) is 17.8 Å². The molecule has 0 radical (unpaired) electrons. The summed E-state index contributed by atoms with van der Waals surface area (Å²) in [4.78, 5) is 56.2. The molecule has 2 heterocycles. The number of fused-ring (bicyclic) bond motifs is 4. The highest BCUT2D eigenvalue weighted by atomic mass is 35.5. The molecule has 14 heteroatoms. The van der Waals surface area contributed by atoms with Crippen molar-refractivity contribution in [2.75, 3.05) is 45.2 Å². The molecule has 51 heavy (non-hydrogen) atoms. The number of hydrogen-bond donors (Lipinski definition) is 1. The summed E-state index contributed by atoms with van der Waals surface area (Å²) >= 11 is 14.6. The molecule has 12 nitrogen and oxygen atoms in total. The number of imide groups is 2. The van der Waals surface area contributed by atoms with E-state index in [1.54, 1.807) is 24.3 Å². The quantitative estimate of drug-likeness (QED) is 0.133. The highest BCUT2D eigenvalue weighted by Gasteiger charge is 2.76. The number of allylic oxidation sites excluding steroid dienone is 2. The number of hydrogen-bond acceptors (Lipinski definition) is 10. The first kappa shape index (κ1) is 34.5. The second-order valence-electron chi connectivity index (χ2n) is 13.4. The fourth-order valence-electron chi connectivity index (χ4n) is 8.13. The van der Waals surface area contributed by atoms with Crippen molar-refractivity contribution in [2.24, 2.45) is 28.0 Å². The predicted octanol–water partition coefficient (Wildman–Crippen LogP) is 6.08. The summed E-state index contributed by atoms with van der Waals surface area (Å²) < 4.78 is 11.3. The Morgan fingerprint density at radius 3 is 1.96 bits per heavy atom. The van der Waals surface area contributed by atoms with Gasteiger partial charge >= 0.3 is 0 Å². The number of anilines is 2. The van der Waals surface area contributed by atoms with E-state index in [0.29, 0.717) is 22.6 Å². The minimum Gasteiger partial charge on any atom is -0.508 e. The number of ether oxygens (including phenoxy) is 2. The van der Waals surface area contributed by atoms with Crippen molar-refractivity contribution in [2.45, 2.75) is 28.5 Å². The fraction of sp³-hybridized carbons (Fsp3) is 0.351. The van der Waals surface area contributed by atoms with Gasteiger partial charge < -0.3 is 19.5 Å². The third-order valence-corrected chi connectivity index (χ3v) is 12.0. The summed E-state index contributed by atoms with van der Waals surface area (Å²) in [5, 5.41) is 19.0. The number of azo groups is 1. The van der Waals surface area contributed by atoms with Gasteiger partial charge in [-0.25, -0.2) is 0 Å². The first-order chi connectivity index (χ1) is 24.3. The molecule has 2 aliphatic heterocycles. The molecule has 2 saturated heterocycles. The monoisotopic (exact) mass is 731 g/mol. The number of methoxy groups -OCH3 is 2. The molecule has 1 N–H and O–H groups in total. The summed E-state index contributed by atoms with van der Waals surface area (Å²) in [6, 6.07) is 16.9. The number of alkyl halides is 2. The number of benzene rings is 3. The number of amides is 4. The minimum absolute atomic E-state index is 0.146. The van der Waals surface area contributed by atoms with Crippen LogP contribution in [-0.4, -0.2) is 78.7 Å². The van der Waals surface area contributed by atoms with Crippen LogP contribution in [0.15, 0.2) is 82.5 Å². The number of aromatic hydroxyl groups is 1. The molecule has 3 aromatic rings. The lowest BCUT2D eigenvalue weighted by Gasteiger charge is -2.51. The van der Waals surface area contributed by atoms with E-state index in [9.17, 15) is 24.3 Å². The maximum absolute atomic E-state index is 14.4. The predicted molar refractivity (Wildman–Crippen MR) is 191 cm³/mol. The molecule has 2 aliphatic carbocycles. The van der Waals surface area contributed by atoms with Crippen molar-refractivity contribution in [3.63, 3.8) is 0 Å². The Morgan fingerprint density at radius 2 is 1.41 bits per heavy atom. The van der Waals surface area contributed by atoms with E-state index in [4.69, 9.17) is 32.7 Å². The van der Waals surface area contributed by atoms with Crippen LogP contribution in [0.2, 0.25) is 0 Å². The summed E-state index contributed by atoms with van der Waals surface area (Å²) in [5.41, 5.74) is 3.45. The van der Waals surface area contributed by atoms with E-state index in [0.717, 1.165) is 10.6 Å². The normalized spacial score (nSPS) is 28.5. The Hall–Kier alpha value is -4.94. The average Bonchev–Trinajstić information content (AvgIpc) is 3.45. The average molecular weight is 733 g/mol. The molecular formula is C37H35Cl2N5O7. The van der Waals surface area contributed by atoms with Crippen LogP contribution < -0.4 is 19.3 Å². The number of carbonyl (C=O) groups is 4. The molecule has 0 aromatic heterocycles. The first-order valence-electron chi connectivity index (χ1n) is 16.3. The van der Waals surface area contributed by atoms with Gasteiger partial charge in [0.15, 0.2) is 9.75 Å². The molecule has 4 amide bonds. The Labute approximate surface area is 304 Å². The molecular weight excluding hydrogens is 697 g/mol. The Bertz CT molecular complexity index is 2010. The van der Waals surface area contributed by atoms with Crippen LogP contribution in [0.3, 0.4) is 0 Å². The lowest BCUT2D eigenvalue weighted by molar-refractivity contribution is -0.138. The van der Waals surface area contributed by atoms with Gasteiger partial charge in [0.2, 0.25) is 11.8 Å². The second kappa shape index (κ2) is 12.4. The summed E-state index contributed by atoms with van der Waals surface area (Å²) in [5.74, 6) is -5.65. The minimum atomic E-state index is -2.04. The van der Waals surface area contributed by atoms with E-state index < -0.39 is 51.1 Å². The van der Waals surface area contributed by atoms with E-state index in [-0.39, 0.29) is 41.6 Å². The molecule has 0 bridgehead atoms.